The molecule has 0 aliphatic carbocycles. The van der Waals surface area contributed by atoms with Crippen LogP contribution in [-0.4, -0.2) is 5.56 Å². The van der Waals surface area contributed by atoms with Gasteiger partial charge >= 0.3 is 0 Å². The van der Waals surface area contributed by atoms with E-state index < -0.39 is 0 Å². The van der Waals surface area contributed by atoms with Crippen LogP contribution in [0.25, 0.3) is 0 Å². The summed E-state index contributed by atoms with van der Waals surface area (Å²) in [6, 6.07) is 4.41. The van der Waals surface area contributed by atoms with Gasteiger partial charge in [-0.05, 0) is 12.1 Å². The van der Waals surface area contributed by atoms with Gasteiger partial charge in [-0.2, -0.15) is 0 Å². The van der Waals surface area contributed by atoms with Gasteiger partial charge in [-0.1, -0.05) is 11.8 Å². The zero-order valence-corrected chi connectivity index (χ0v) is 6.40. The van der Waals surface area contributed by atoms with Crippen LogP contribution in [0.1, 0.15) is 0 Å². The van der Waals surface area contributed by atoms with Crippen molar-refractivity contribution in [1.29, 1.82) is 0 Å². The molecular weight excluding hydrogens is 165 g/mol. The average molecular weight is 171 g/mol. The highest BCUT2D eigenvalue weighted by atomic mass is 32.2. The molecule has 0 bridgehead atoms. The number of nitrogens with two attached hydrogens (primary N) is 1. The second-order valence-electron chi connectivity index (χ2n) is 2.20. The van der Waals surface area contributed by atoms with Gasteiger partial charge in [0.25, 0.3) is 0 Å². The zero-order valence-electron chi connectivity index (χ0n) is 5.58. The van der Waals surface area contributed by atoms with Crippen LogP contribution in [0.3, 0.4) is 0 Å². The normalized spacial score (nSPS) is 21.1. The van der Waals surface area contributed by atoms with Crippen molar-refractivity contribution in [3.63, 3.8) is 0 Å². The Labute approximate surface area is 67.5 Å². The molecule has 0 saturated heterocycles. The Bertz CT molecular complexity index is 292. The first-order valence-corrected chi connectivity index (χ1v) is 4.02. The molecule has 0 fully saturated rings. The molecule has 1 atom stereocenters. The van der Waals surface area contributed by atoms with Crippen molar-refractivity contribution in [1.82, 2.24) is 0 Å². The van der Waals surface area contributed by atoms with Crippen LogP contribution in [0.15, 0.2) is 23.1 Å². The molecule has 0 saturated carbocycles. The molecule has 2 N–H and O–H groups in total. The number of halogens is 1. The maximum absolute atomic E-state index is 12.6. The van der Waals surface area contributed by atoms with E-state index in [0.717, 1.165) is 4.90 Å². The molecule has 11 heavy (non-hydrogen) atoms. The van der Waals surface area contributed by atoms with E-state index >= 15 is 0 Å². The van der Waals surface area contributed by atoms with Crippen molar-refractivity contribution in [3.8, 4) is 5.75 Å². The van der Waals surface area contributed by atoms with Crippen molar-refractivity contribution in [2.75, 3.05) is 0 Å². The lowest BCUT2D eigenvalue weighted by Crippen LogP contribution is -2.18. The van der Waals surface area contributed by atoms with Crippen LogP contribution in [0, 0.1) is 5.82 Å². The van der Waals surface area contributed by atoms with E-state index in [1.165, 1.54) is 23.9 Å². The van der Waals surface area contributed by atoms with Gasteiger partial charge in [0.1, 0.15) is 11.6 Å². The van der Waals surface area contributed by atoms with Crippen molar-refractivity contribution in [3.05, 3.63) is 24.0 Å². The molecule has 1 aromatic rings. The fourth-order valence-electron chi connectivity index (χ4n) is 0.946. The van der Waals surface area contributed by atoms with Gasteiger partial charge in [-0.3, -0.25) is 5.73 Å². The first-order chi connectivity index (χ1) is 5.25. The molecule has 1 heterocycles. The van der Waals surface area contributed by atoms with Gasteiger partial charge in [-0.25, -0.2) is 4.39 Å². The van der Waals surface area contributed by atoms with Gasteiger partial charge in [0, 0.05) is 6.07 Å². The summed E-state index contributed by atoms with van der Waals surface area (Å²) < 4.78 is 17.6. The Morgan fingerprint density at radius 3 is 3.18 bits per heavy atom. The van der Waals surface area contributed by atoms with Crippen LogP contribution in [-0.2, 0) is 0 Å². The highest BCUT2D eigenvalue weighted by Gasteiger charge is 2.19. The van der Waals surface area contributed by atoms with Gasteiger partial charge in [0.2, 0.25) is 5.56 Å². The van der Waals surface area contributed by atoms with E-state index in [2.05, 4.69) is 0 Å². The summed E-state index contributed by atoms with van der Waals surface area (Å²) in [5.41, 5.74) is 5.07. The Kier molecular flexibility index (Phi) is 1.51. The Hall–Kier alpha value is -0.740. The molecule has 0 spiro atoms. The first-order valence-electron chi connectivity index (χ1n) is 3.14. The summed E-state index contributed by atoms with van der Waals surface area (Å²) in [6.45, 7) is 0. The Morgan fingerprint density at radius 2 is 2.36 bits per heavy atom. The number of hydrogen-bond donors (Lipinski definition) is 1. The van der Waals surface area contributed by atoms with E-state index in [1.807, 2.05) is 0 Å². The molecule has 0 radical (unpaired) electrons. The van der Waals surface area contributed by atoms with Crippen molar-refractivity contribution in [2.24, 2.45) is 5.73 Å². The zero-order chi connectivity index (χ0) is 7.84. The second kappa shape index (κ2) is 2.39. The van der Waals surface area contributed by atoms with E-state index in [4.69, 9.17) is 10.5 Å². The number of thioether (sulfide) groups is 1. The standard InChI is InChI=1S/C7H6FNOS/c8-4-1-2-6-5(3-4)10-7(9)11-6/h1-3,7H,9H2/t7-/m1/s1. The minimum atomic E-state index is -0.383. The molecule has 1 aromatic carbocycles. The van der Waals surface area contributed by atoms with Crippen molar-refractivity contribution in [2.45, 2.75) is 10.5 Å². The third kappa shape index (κ3) is 1.19. The maximum atomic E-state index is 12.6. The van der Waals surface area contributed by atoms with Crippen molar-refractivity contribution < 1.29 is 9.13 Å². The highest BCUT2D eigenvalue weighted by molar-refractivity contribution is 8.00. The molecule has 0 unspecified atom stereocenters. The molecule has 2 rings (SSSR count). The molecule has 0 amide bonds. The molecule has 0 aromatic heterocycles. The number of benzene rings is 1. The molecule has 1 aliphatic rings. The summed E-state index contributed by atoms with van der Waals surface area (Å²) >= 11 is 1.39. The SMILES string of the molecule is N[C@@H]1Oc2cc(F)ccc2S1. The van der Waals surface area contributed by atoms with Gasteiger partial charge in [0.05, 0.1) is 4.90 Å². The average Bonchev–Trinajstić information content (AvgIpc) is 2.27. The summed E-state index contributed by atoms with van der Waals surface area (Å²) in [7, 11) is 0. The summed E-state index contributed by atoms with van der Waals surface area (Å²) in [6.07, 6.45) is 0. The number of rotatable bonds is 0. The lowest BCUT2D eigenvalue weighted by molar-refractivity contribution is 0.302. The number of hydrogen-bond acceptors (Lipinski definition) is 3. The first kappa shape index (κ1) is 6.94. The van der Waals surface area contributed by atoms with Crippen LogP contribution >= 0.6 is 11.8 Å². The lowest BCUT2D eigenvalue weighted by atomic mass is 10.3. The Balaban J connectivity index is 2.43. The quantitative estimate of drug-likeness (QED) is 0.643. The smallest absolute Gasteiger partial charge is 0.200 e. The molecule has 2 nitrogen and oxygen atoms in total. The summed E-state index contributed by atoms with van der Waals surface area (Å²) in [5, 5.41) is 0. The Morgan fingerprint density at radius 1 is 1.55 bits per heavy atom. The molecule has 1 aliphatic heterocycles. The van der Waals surface area contributed by atoms with Gasteiger partial charge < -0.3 is 4.74 Å². The third-order valence-corrected chi connectivity index (χ3v) is 2.31. The highest BCUT2D eigenvalue weighted by Crippen LogP contribution is 2.38. The third-order valence-electron chi connectivity index (χ3n) is 1.39. The largest absolute Gasteiger partial charge is 0.465 e. The maximum Gasteiger partial charge on any atom is 0.200 e. The van der Waals surface area contributed by atoms with Gasteiger partial charge in [0.15, 0.2) is 0 Å². The predicted molar refractivity (Wildman–Crippen MR) is 40.9 cm³/mol. The second-order valence-corrected chi connectivity index (χ2v) is 3.34. The fraction of sp³-hybridized carbons (Fsp3) is 0.143. The van der Waals surface area contributed by atoms with E-state index in [1.54, 1.807) is 6.07 Å². The topological polar surface area (TPSA) is 35.2 Å². The van der Waals surface area contributed by atoms with Crippen LogP contribution in [0.2, 0.25) is 0 Å². The minimum absolute atomic E-state index is 0.293. The van der Waals surface area contributed by atoms with E-state index in [0.29, 0.717) is 5.75 Å². The molecular formula is C7H6FNOS. The van der Waals surface area contributed by atoms with Crippen LogP contribution in [0.5, 0.6) is 5.75 Å². The predicted octanol–water partition coefficient (Wildman–Crippen LogP) is 1.55. The minimum Gasteiger partial charge on any atom is -0.465 e. The molecule has 4 heteroatoms. The van der Waals surface area contributed by atoms with Crippen LogP contribution < -0.4 is 10.5 Å². The summed E-state index contributed by atoms with van der Waals surface area (Å²) in [5.74, 6) is 0.251. The van der Waals surface area contributed by atoms with Gasteiger partial charge in [-0.15, -0.1) is 0 Å². The number of fused-ring (bicyclic) bond motifs is 1. The summed E-state index contributed by atoms with van der Waals surface area (Å²) in [4.78, 5) is 0.902. The monoisotopic (exact) mass is 171 g/mol. The van der Waals surface area contributed by atoms with Crippen molar-refractivity contribution >= 4 is 11.8 Å². The lowest BCUT2D eigenvalue weighted by Gasteiger charge is -1.99. The number of ether oxygens (including phenoxy) is 1. The van der Waals surface area contributed by atoms with E-state index in [9.17, 15) is 4.39 Å². The molecule has 58 valence electrons. The fourth-order valence-corrected chi connectivity index (χ4v) is 1.72. The van der Waals surface area contributed by atoms with E-state index in [-0.39, 0.29) is 11.4 Å². The van der Waals surface area contributed by atoms with Crippen LogP contribution in [0.4, 0.5) is 4.39 Å².